The van der Waals surface area contributed by atoms with E-state index in [0.717, 1.165) is 24.9 Å². The maximum atomic E-state index is 12.4. The van der Waals surface area contributed by atoms with E-state index >= 15 is 0 Å². The molecule has 0 saturated heterocycles. The van der Waals surface area contributed by atoms with Crippen LogP contribution in [0, 0.1) is 5.92 Å². The molecule has 4 heteroatoms. The van der Waals surface area contributed by atoms with Gasteiger partial charge in [0.1, 0.15) is 0 Å². The Bertz CT molecular complexity index is 482. The second kappa shape index (κ2) is 5.94. The van der Waals surface area contributed by atoms with Crippen molar-refractivity contribution in [2.24, 2.45) is 11.7 Å². The van der Waals surface area contributed by atoms with Crippen LogP contribution in [0.3, 0.4) is 0 Å². The van der Waals surface area contributed by atoms with Crippen LogP contribution in [-0.2, 0) is 6.54 Å². The number of benzene rings is 1. The molecule has 1 amide bonds. The number of amides is 1. The van der Waals surface area contributed by atoms with Gasteiger partial charge in [0.25, 0.3) is 5.91 Å². The highest BCUT2D eigenvalue weighted by Gasteiger charge is 2.41. The molecular formula is C16H25N3O. The zero-order valence-electron chi connectivity index (χ0n) is 12.6. The molecule has 1 aliphatic rings. The van der Waals surface area contributed by atoms with Gasteiger partial charge in [-0.15, -0.1) is 0 Å². The fourth-order valence-electron chi connectivity index (χ4n) is 2.55. The molecule has 0 radical (unpaired) electrons. The zero-order valence-corrected chi connectivity index (χ0v) is 12.6. The first-order chi connectivity index (χ1) is 9.44. The van der Waals surface area contributed by atoms with Crippen LogP contribution in [-0.4, -0.2) is 37.0 Å². The van der Waals surface area contributed by atoms with Crippen molar-refractivity contribution in [2.45, 2.75) is 31.8 Å². The largest absolute Gasteiger partial charge is 0.345 e. The molecule has 0 aliphatic heterocycles. The van der Waals surface area contributed by atoms with E-state index in [-0.39, 0.29) is 11.4 Å². The van der Waals surface area contributed by atoms with Gasteiger partial charge < -0.3 is 16.0 Å². The smallest absolute Gasteiger partial charge is 0.251 e. The van der Waals surface area contributed by atoms with Crippen LogP contribution in [0.1, 0.15) is 35.7 Å². The summed E-state index contributed by atoms with van der Waals surface area (Å²) in [4.78, 5) is 14.5. The molecule has 0 heterocycles. The van der Waals surface area contributed by atoms with E-state index in [1.807, 2.05) is 45.3 Å². The summed E-state index contributed by atoms with van der Waals surface area (Å²) in [5.74, 6) is 0.506. The zero-order chi connectivity index (χ0) is 14.8. The number of rotatable bonds is 6. The minimum Gasteiger partial charge on any atom is -0.345 e. The molecule has 1 aromatic rings. The van der Waals surface area contributed by atoms with Crippen LogP contribution >= 0.6 is 0 Å². The molecule has 0 aromatic heterocycles. The lowest BCUT2D eigenvalue weighted by atomic mass is 9.95. The molecule has 1 unspecified atom stereocenters. The third-order valence-corrected chi connectivity index (χ3v) is 3.99. The Hall–Kier alpha value is -1.39. The molecule has 0 bridgehead atoms. The average Bonchev–Trinajstić information content (AvgIpc) is 3.22. The fraction of sp³-hybridized carbons (Fsp3) is 0.562. The van der Waals surface area contributed by atoms with Crippen molar-refractivity contribution in [1.29, 1.82) is 0 Å². The Labute approximate surface area is 121 Å². The molecule has 1 aromatic carbocycles. The maximum Gasteiger partial charge on any atom is 0.251 e. The number of nitrogens with one attached hydrogen (secondary N) is 1. The predicted octanol–water partition coefficient (Wildman–Crippen LogP) is 1.61. The Balaban J connectivity index is 2.08. The van der Waals surface area contributed by atoms with Crippen molar-refractivity contribution in [3.8, 4) is 0 Å². The van der Waals surface area contributed by atoms with Gasteiger partial charge in [-0.2, -0.15) is 0 Å². The Morgan fingerprint density at radius 1 is 1.45 bits per heavy atom. The van der Waals surface area contributed by atoms with Gasteiger partial charge in [-0.25, -0.2) is 0 Å². The highest BCUT2D eigenvalue weighted by Crippen LogP contribution is 2.39. The molecule has 4 nitrogen and oxygen atoms in total. The lowest BCUT2D eigenvalue weighted by Gasteiger charge is -2.29. The molecule has 20 heavy (non-hydrogen) atoms. The van der Waals surface area contributed by atoms with Gasteiger partial charge in [0.2, 0.25) is 0 Å². The number of carbonyl (C=O) groups excluding carboxylic acids is 1. The quantitative estimate of drug-likeness (QED) is 0.829. The summed E-state index contributed by atoms with van der Waals surface area (Å²) >= 11 is 0. The van der Waals surface area contributed by atoms with Crippen LogP contribution in [0.15, 0.2) is 24.3 Å². The van der Waals surface area contributed by atoms with Crippen molar-refractivity contribution >= 4 is 5.91 Å². The molecule has 2 rings (SSSR count). The molecule has 1 atom stereocenters. The first-order valence-electron chi connectivity index (χ1n) is 7.21. The number of carbonyl (C=O) groups is 1. The predicted molar refractivity (Wildman–Crippen MR) is 81.5 cm³/mol. The van der Waals surface area contributed by atoms with E-state index in [1.165, 1.54) is 0 Å². The molecular weight excluding hydrogens is 250 g/mol. The Morgan fingerprint density at radius 2 is 2.15 bits per heavy atom. The maximum absolute atomic E-state index is 12.4. The highest BCUT2D eigenvalue weighted by atomic mass is 16.1. The van der Waals surface area contributed by atoms with Crippen molar-refractivity contribution in [3.05, 3.63) is 35.4 Å². The number of hydrogen-bond donors (Lipinski definition) is 2. The van der Waals surface area contributed by atoms with E-state index in [4.69, 9.17) is 5.73 Å². The topological polar surface area (TPSA) is 58.4 Å². The summed E-state index contributed by atoms with van der Waals surface area (Å²) in [6, 6.07) is 7.79. The third kappa shape index (κ3) is 3.58. The minimum atomic E-state index is -0.269. The summed E-state index contributed by atoms with van der Waals surface area (Å²) in [6.07, 6.45) is 2.32. The van der Waals surface area contributed by atoms with Crippen LogP contribution in [0.2, 0.25) is 0 Å². The van der Waals surface area contributed by atoms with Crippen LogP contribution < -0.4 is 11.1 Å². The summed E-state index contributed by atoms with van der Waals surface area (Å²) in [7, 11) is 4.04. The Kier molecular flexibility index (Phi) is 4.45. The van der Waals surface area contributed by atoms with E-state index in [0.29, 0.717) is 18.0 Å². The van der Waals surface area contributed by atoms with Crippen LogP contribution in [0.25, 0.3) is 0 Å². The van der Waals surface area contributed by atoms with Gasteiger partial charge in [0.15, 0.2) is 0 Å². The van der Waals surface area contributed by atoms with Gasteiger partial charge in [-0.05, 0) is 57.5 Å². The molecule has 3 N–H and O–H groups in total. The van der Waals surface area contributed by atoms with E-state index in [9.17, 15) is 4.79 Å². The summed E-state index contributed by atoms with van der Waals surface area (Å²) in [6.45, 7) is 3.37. The van der Waals surface area contributed by atoms with Crippen molar-refractivity contribution < 1.29 is 4.79 Å². The molecule has 1 fully saturated rings. The lowest BCUT2D eigenvalue weighted by Crippen LogP contribution is -2.53. The first-order valence-corrected chi connectivity index (χ1v) is 7.21. The van der Waals surface area contributed by atoms with Crippen LogP contribution in [0.5, 0.6) is 0 Å². The summed E-state index contributed by atoms with van der Waals surface area (Å²) in [5.41, 5.74) is 7.43. The van der Waals surface area contributed by atoms with Crippen LogP contribution in [0.4, 0.5) is 0 Å². The van der Waals surface area contributed by atoms with E-state index in [1.54, 1.807) is 0 Å². The fourth-order valence-corrected chi connectivity index (χ4v) is 2.55. The molecule has 1 aliphatic carbocycles. The second-order valence-corrected chi connectivity index (χ2v) is 6.29. The SMILES string of the molecule is CN(C)Cc1cccc(C(=O)NC(C)(CN)C2CC2)c1. The Morgan fingerprint density at radius 3 is 2.70 bits per heavy atom. The first kappa shape index (κ1) is 15.0. The average molecular weight is 275 g/mol. The number of hydrogen-bond acceptors (Lipinski definition) is 3. The number of nitrogens with zero attached hydrogens (tertiary/aromatic N) is 1. The summed E-state index contributed by atoms with van der Waals surface area (Å²) in [5, 5.41) is 3.12. The van der Waals surface area contributed by atoms with E-state index < -0.39 is 0 Å². The van der Waals surface area contributed by atoms with Gasteiger partial charge >= 0.3 is 0 Å². The molecule has 110 valence electrons. The minimum absolute atomic E-state index is 0.0227. The van der Waals surface area contributed by atoms with Crippen molar-refractivity contribution in [2.75, 3.05) is 20.6 Å². The summed E-state index contributed by atoms with van der Waals surface area (Å²) < 4.78 is 0. The van der Waals surface area contributed by atoms with Gasteiger partial charge in [-0.3, -0.25) is 4.79 Å². The van der Waals surface area contributed by atoms with Gasteiger partial charge in [0.05, 0.1) is 5.54 Å². The third-order valence-electron chi connectivity index (χ3n) is 3.99. The number of nitrogens with two attached hydrogens (primary N) is 1. The highest BCUT2D eigenvalue weighted by molar-refractivity contribution is 5.94. The molecule has 1 saturated carbocycles. The standard InChI is InChI=1S/C16H25N3O/c1-16(11-17,14-7-8-14)18-15(20)13-6-4-5-12(9-13)10-19(2)3/h4-6,9,14H,7-8,10-11,17H2,1-3H3,(H,18,20). The van der Waals surface area contributed by atoms with Gasteiger partial charge in [0, 0.05) is 18.7 Å². The monoisotopic (exact) mass is 275 g/mol. The second-order valence-electron chi connectivity index (χ2n) is 6.29. The lowest BCUT2D eigenvalue weighted by molar-refractivity contribution is 0.0897. The van der Waals surface area contributed by atoms with Gasteiger partial charge in [-0.1, -0.05) is 12.1 Å². The van der Waals surface area contributed by atoms with E-state index in [2.05, 4.69) is 10.2 Å². The van der Waals surface area contributed by atoms with Crippen molar-refractivity contribution in [3.63, 3.8) is 0 Å². The molecule has 0 spiro atoms. The van der Waals surface area contributed by atoms with Crippen molar-refractivity contribution in [1.82, 2.24) is 10.2 Å². The normalized spacial score (nSPS) is 17.9.